The predicted molar refractivity (Wildman–Crippen MR) is 96.7 cm³/mol. The molecule has 2 rings (SSSR count). The molecule has 1 atom stereocenters. The van der Waals surface area contributed by atoms with Crippen LogP contribution < -0.4 is 16.0 Å². The largest absolute Gasteiger partial charge is 0.468 e. The number of ether oxygens (including phenoxy) is 1. The molecule has 0 aliphatic carbocycles. The molecule has 1 heterocycles. The summed E-state index contributed by atoms with van der Waals surface area (Å²) in [4.78, 5) is 34.6. The van der Waals surface area contributed by atoms with Crippen LogP contribution in [0, 0.1) is 0 Å². The van der Waals surface area contributed by atoms with E-state index in [4.69, 9.17) is 0 Å². The standard InChI is InChI=1S/C17H23N3O4.ClH/c1-24-17(23)11-19-15(21)9-12-4-6-13(7-5-12)20-16(22)10-14-3-2-8-18-14;/h4-7,14,18H,2-3,8-11H2,1H3,(H,19,21)(H,20,22);1H. The molecule has 1 aromatic carbocycles. The molecule has 8 heteroatoms. The Morgan fingerprint density at radius 2 is 1.92 bits per heavy atom. The van der Waals surface area contributed by atoms with Gasteiger partial charge in [-0.25, -0.2) is 0 Å². The van der Waals surface area contributed by atoms with Gasteiger partial charge >= 0.3 is 5.97 Å². The maximum atomic E-state index is 11.9. The molecule has 0 aromatic heterocycles. The zero-order valence-corrected chi connectivity index (χ0v) is 15.0. The fourth-order valence-electron chi connectivity index (χ4n) is 2.56. The minimum Gasteiger partial charge on any atom is -0.468 e. The van der Waals surface area contributed by atoms with Gasteiger partial charge in [-0.2, -0.15) is 0 Å². The van der Waals surface area contributed by atoms with Crippen molar-refractivity contribution in [2.45, 2.75) is 31.7 Å². The van der Waals surface area contributed by atoms with Crippen molar-refractivity contribution in [1.29, 1.82) is 0 Å². The van der Waals surface area contributed by atoms with Gasteiger partial charge in [0, 0.05) is 18.2 Å². The molecule has 0 bridgehead atoms. The molecule has 1 aliphatic rings. The molecule has 0 radical (unpaired) electrons. The van der Waals surface area contributed by atoms with E-state index in [0.29, 0.717) is 12.1 Å². The molecule has 2 amide bonds. The van der Waals surface area contributed by atoms with Gasteiger partial charge in [0.15, 0.2) is 0 Å². The number of nitrogens with one attached hydrogen (secondary N) is 3. The molecule has 0 saturated carbocycles. The summed E-state index contributed by atoms with van der Waals surface area (Å²) in [5.41, 5.74) is 1.50. The number of halogens is 1. The Labute approximate surface area is 153 Å². The molecule has 3 N–H and O–H groups in total. The number of anilines is 1. The van der Waals surface area contributed by atoms with Crippen molar-refractivity contribution in [2.24, 2.45) is 0 Å². The second-order valence-electron chi connectivity index (χ2n) is 5.77. The van der Waals surface area contributed by atoms with E-state index in [1.54, 1.807) is 24.3 Å². The van der Waals surface area contributed by atoms with Crippen molar-refractivity contribution in [3.8, 4) is 0 Å². The van der Waals surface area contributed by atoms with Crippen molar-refractivity contribution in [3.05, 3.63) is 29.8 Å². The van der Waals surface area contributed by atoms with Gasteiger partial charge < -0.3 is 20.7 Å². The zero-order chi connectivity index (χ0) is 17.4. The normalized spacial score (nSPS) is 15.8. The van der Waals surface area contributed by atoms with Crippen molar-refractivity contribution < 1.29 is 19.1 Å². The topological polar surface area (TPSA) is 96.5 Å². The summed E-state index contributed by atoms with van der Waals surface area (Å²) in [6.45, 7) is 0.837. The number of esters is 1. The Kier molecular flexibility index (Phi) is 8.94. The monoisotopic (exact) mass is 369 g/mol. The summed E-state index contributed by atoms with van der Waals surface area (Å²) >= 11 is 0. The average Bonchev–Trinajstić information content (AvgIpc) is 3.07. The fourth-order valence-corrected chi connectivity index (χ4v) is 2.56. The maximum Gasteiger partial charge on any atom is 0.325 e. The van der Waals surface area contributed by atoms with Gasteiger partial charge in [-0.3, -0.25) is 14.4 Å². The van der Waals surface area contributed by atoms with Crippen LogP contribution in [0.15, 0.2) is 24.3 Å². The van der Waals surface area contributed by atoms with Crippen LogP contribution >= 0.6 is 12.4 Å². The van der Waals surface area contributed by atoms with Crippen LogP contribution in [-0.4, -0.2) is 44.0 Å². The third kappa shape index (κ3) is 7.53. The Balaban J connectivity index is 0.00000312. The number of carbonyl (C=O) groups is 3. The number of benzene rings is 1. The van der Waals surface area contributed by atoms with E-state index in [2.05, 4.69) is 20.7 Å². The van der Waals surface area contributed by atoms with E-state index >= 15 is 0 Å². The molecule has 138 valence electrons. The lowest BCUT2D eigenvalue weighted by Crippen LogP contribution is -2.31. The lowest BCUT2D eigenvalue weighted by atomic mass is 10.1. The molecular formula is C17H24ClN3O4. The van der Waals surface area contributed by atoms with Crippen LogP contribution in [0.5, 0.6) is 0 Å². The number of carbonyl (C=O) groups excluding carboxylic acids is 3. The second kappa shape index (κ2) is 10.7. The Hall–Kier alpha value is -2.12. The first-order valence-corrected chi connectivity index (χ1v) is 8.02. The van der Waals surface area contributed by atoms with Crippen LogP contribution in [0.4, 0.5) is 5.69 Å². The highest BCUT2D eigenvalue weighted by Gasteiger charge is 2.17. The number of hydrogen-bond acceptors (Lipinski definition) is 5. The van der Waals surface area contributed by atoms with Gasteiger partial charge in [0.2, 0.25) is 11.8 Å². The minimum atomic E-state index is -0.488. The molecule has 7 nitrogen and oxygen atoms in total. The first kappa shape index (κ1) is 20.9. The highest BCUT2D eigenvalue weighted by Crippen LogP contribution is 2.13. The lowest BCUT2D eigenvalue weighted by Gasteiger charge is -2.11. The zero-order valence-electron chi connectivity index (χ0n) is 14.2. The number of hydrogen-bond donors (Lipinski definition) is 3. The van der Waals surface area contributed by atoms with Crippen LogP contribution in [0.25, 0.3) is 0 Å². The maximum absolute atomic E-state index is 11.9. The Bertz CT molecular complexity index is 586. The highest BCUT2D eigenvalue weighted by molar-refractivity contribution is 5.91. The first-order chi connectivity index (χ1) is 11.6. The number of rotatable bonds is 7. The molecule has 25 heavy (non-hydrogen) atoms. The highest BCUT2D eigenvalue weighted by atomic mass is 35.5. The van der Waals surface area contributed by atoms with Gasteiger partial charge in [0.1, 0.15) is 6.54 Å². The van der Waals surface area contributed by atoms with E-state index in [9.17, 15) is 14.4 Å². The van der Waals surface area contributed by atoms with Crippen molar-refractivity contribution >= 4 is 35.9 Å². The van der Waals surface area contributed by atoms with Gasteiger partial charge in [-0.15, -0.1) is 12.4 Å². The summed E-state index contributed by atoms with van der Waals surface area (Å²) in [5, 5.41) is 8.63. The van der Waals surface area contributed by atoms with E-state index < -0.39 is 5.97 Å². The third-order valence-corrected chi connectivity index (χ3v) is 3.85. The summed E-state index contributed by atoms with van der Waals surface area (Å²) < 4.78 is 4.45. The first-order valence-electron chi connectivity index (χ1n) is 8.02. The van der Waals surface area contributed by atoms with Gasteiger partial charge in [-0.1, -0.05) is 12.1 Å². The molecular weight excluding hydrogens is 346 g/mol. The Morgan fingerprint density at radius 1 is 1.20 bits per heavy atom. The molecule has 1 unspecified atom stereocenters. The quantitative estimate of drug-likeness (QED) is 0.623. The summed E-state index contributed by atoms with van der Waals surface area (Å²) in [6, 6.07) is 7.36. The van der Waals surface area contributed by atoms with E-state index in [0.717, 1.165) is 24.9 Å². The smallest absolute Gasteiger partial charge is 0.325 e. The summed E-state index contributed by atoms with van der Waals surface area (Å²) in [6.07, 6.45) is 2.78. The SMILES string of the molecule is COC(=O)CNC(=O)Cc1ccc(NC(=O)CC2CCCN2)cc1.Cl. The average molecular weight is 370 g/mol. The summed E-state index contributed by atoms with van der Waals surface area (Å²) in [7, 11) is 1.27. The third-order valence-electron chi connectivity index (χ3n) is 3.85. The van der Waals surface area contributed by atoms with E-state index in [-0.39, 0.29) is 43.2 Å². The van der Waals surface area contributed by atoms with E-state index in [1.165, 1.54) is 7.11 Å². The van der Waals surface area contributed by atoms with Crippen LogP contribution in [0.2, 0.25) is 0 Å². The fraction of sp³-hybridized carbons (Fsp3) is 0.471. The minimum absolute atomic E-state index is 0. The van der Waals surface area contributed by atoms with Crippen molar-refractivity contribution in [2.75, 3.05) is 25.5 Å². The predicted octanol–water partition coefficient (Wildman–Crippen LogP) is 1.02. The van der Waals surface area contributed by atoms with Crippen LogP contribution in [-0.2, 0) is 25.5 Å². The molecule has 1 aliphatic heterocycles. The lowest BCUT2D eigenvalue weighted by molar-refractivity contribution is -0.141. The van der Waals surface area contributed by atoms with Gasteiger partial charge in [0.05, 0.1) is 13.5 Å². The van der Waals surface area contributed by atoms with E-state index in [1.807, 2.05) is 0 Å². The van der Waals surface area contributed by atoms with Gasteiger partial charge in [0.25, 0.3) is 0 Å². The molecule has 1 aromatic rings. The van der Waals surface area contributed by atoms with Crippen LogP contribution in [0.1, 0.15) is 24.8 Å². The number of amides is 2. The van der Waals surface area contributed by atoms with Gasteiger partial charge in [-0.05, 0) is 37.1 Å². The Morgan fingerprint density at radius 3 is 2.52 bits per heavy atom. The number of methoxy groups -OCH3 is 1. The van der Waals surface area contributed by atoms with Crippen LogP contribution in [0.3, 0.4) is 0 Å². The molecule has 1 saturated heterocycles. The summed E-state index contributed by atoms with van der Waals surface area (Å²) in [5.74, 6) is -0.763. The molecule has 0 spiro atoms. The molecule has 1 fully saturated rings. The second-order valence-corrected chi connectivity index (χ2v) is 5.77. The van der Waals surface area contributed by atoms with Crippen molar-refractivity contribution in [1.82, 2.24) is 10.6 Å². The van der Waals surface area contributed by atoms with Crippen molar-refractivity contribution in [3.63, 3.8) is 0 Å².